The Bertz CT molecular complexity index is 940. The van der Waals surface area contributed by atoms with Gasteiger partial charge >= 0.3 is 0 Å². The molecular weight excluding hydrogens is 356 g/mol. The summed E-state index contributed by atoms with van der Waals surface area (Å²) in [6.07, 6.45) is 3.76. The first kappa shape index (κ1) is 17.0. The number of amides is 1. The standard InChI is InChI=1S/C17H20N4O4S/c1-25-13-5-2-4-12(10-13)21-11-14(18-19-21)17(22)20-8-9-26(23,24)16-7-3-6-15(16)20/h2,4-5,10-11,15-16H,3,6-9H2,1H3. The predicted molar refractivity (Wildman–Crippen MR) is 94.2 cm³/mol. The molecular formula is C17H20N4O4S. The van der Waals surface area contributed by atoms with Crippen LogP contribution in [0.25, 0.3) is 5.69 Å². The molecule has 1 saturated heterocycles. The SMILES string of the molecule is COc1cccc(-n2cc(C(=O)N3CCS(=O)(=O)C4CCCC43)nn2)c1. The van der Waals surface area contributed by atoms with E-state index >= 15 is 0 Å². The Balaban J connectivity index is 1.59. The normalized spacial score (nSPS) is 24.3. The molecule has 1 aromatic carbocycles. The molecule has 1 aromatic heterocycles. The average molecular weight is 376 g/mol. The first-order valence-corrected chi connectivity index (χ1v) is 10.3. The number of fused-ring (bicyclic) bond motifs is 1. The molecule has 2 fully saturated rings. The molecule has 26 heavy (non-hydrogen) atoms. The van der Waals surface area contributed by atoms with Gasteiger partial charge in [0.1, 0.15) is 5.75 Å². The van der Waals surface area contributed by atoms with E-state index in [1.807, 2.05) is 18.2 Å². The van der Waals surface area contributed by atoms with Crippen LogP contribution in [0.2, 0.25) is 0 Å². The minimum Gasteiger partial charge on any atom is -0.497 e. The van der Waals surface area contributed by atoms with Crippen molar-refractivity contribution in [3.05, 3.63) is 36.2 Å². The highest BCUT2D eigenvalue weighted by atomic mass is 32.2. The van der Waals surface area contributed by atoms with Crippen LogP contribution in [0.1, 0.15) is 29.8 Å². The average Bonchev–Trinajstić information content (AvgIpc) is 3.32. The molecule has 0 N–H and O–H groups in total. The van der Waals surface area contributed by atoms with Gasteiger partial charge in [-0.3, -0.25) is 4.79 Å². The number of benzene rings is 1. The van der Waals surface area contributed by atoms with Gasteiger partial charge < -0.3 is 9.64 Å². The molecule has 2 aromatic rings. The van der Waals surface area contributed by atoms with Crippen molar-refractivity contribution in [3.8, 4) is 11.4 Å². The number of nitrogens with zero attached hydrogens (tertiary/aromatic N) is 4. The summed E-state index contributed by atoms with van der Waals surface area (Å²) in [6.45, 7) is 0.217. The number of hydrogen-bond donors (Lipinski definition) is 0. The van der Waals surface area contributed by atoms with Gasteiger partial charge in [-0.1, -0.05) is 11.3 Å². The fourth-order valence-electron chi connectivity index (χ4n) is 3.86. The maximum atomic E-state index is 12.9. The number of ether oxygens (including phenoxy) is 1. The second-order valence-corrected chi connectivity index (χ2v) is 8.99. The van der Waals surface area contributed by atoms with Gasteiger partial charge in [0, 0.05) is 18.7 Å². The minimum atomic E-state index is -3.10. The van der Waals surface area contributed by atoms with Crippen LogP contribution in [0, 0.1) is 0 Å². The third-order valence-corrected chi connectivity index (χ3v) is 7.41. The van der Waals surface area contributed by atoms with Crippen LogP contribution in [0.3, 0.4) is 0 Å². The Morgan fingerprint density at radius 3 is 2.96 bits per heavy atom. The zero-order chi connectivity index (χ0) is 18.3. The number of methoxy groups -OCH3 is 1. The number of carbonyl (C=O) groups is 1. The van der Waals surface area contributed by atoms with Crippen LogP contribution in [0.4, 0.5) is 0 Å². The molecule has 2 atom stereocenters. The largest absolute Gasteiger partial charge is 0.497 e. The summed E-state index contributed by atoms with van der Waals surface area (Å²) in [5, 5.41) is 7.61. The van der Waals surface area contributed by atoms with Crippen molar-refractivity contribution in [2.24, 2.45) is 0 Å². The quantitative estimate of drug-likeness (QED) is 0.795. The van der Waals surface area contributed by atoms with E-state index in [9.17, 15) is 13.2 Å². The van der Waals surface area contributed by atoms with Crippen molar-refractivity contribution in [1.29, 1.82) is 0 Å². The van der Waals surface area contributed by atoms with Crippen LogP contribution in [0.15, 0.2) is 30.5 Å². The molecule has 2 heterocycles. The number of carbonyl (C=O) groups excluding carboxylic acids is 1. The van der Waals surface area contributed by atoms with E-state index in [0.29, 0.717) is 12.2 Å². The first-order valence-electron chi connectivity index (χ1n) is 8.59. The molecule has 2 aliphatic rings. The fraction of sp³-hybridized carbons (Fsp3) is 0.471. The van der Waals surface area contributed by atoms with Crippen LogP contribution in [-0.4, -0.2) is 64.9 Å². The summed E-state index contributed by atoms with van der Waals surface area (Å²) >= 11 is 0. The maximum absolute atomic E-state index is 12.9. The molecule has 8 nitrogen and oxygen atoms in total. The molecule has 1 aliphatic carbocycles. The Morgan fingerprint density at radius 1 is 1.31 bits per heavy atom. The van der Waals surface area contributed by atoms with Crippen molar-refractivity contribution >= 4 is 15.7 Å². The molecule has 0 bridgehead atoms. The Hall–Kier alpha value is -2.42. The number of sulfone groups is 1. The van der Waals surface area contributed by atoms with Crippen LogP contribution in [-0.2, 0) is 9.84 Å². The van der Waals surface area contributed by atoms with E-state index in [1.54, 1.807) is 24.3 Å². The molecule has 0 radical (unpaired) electrons. The van der Waals surface area contributed by atoms with Crippen molar-refractivity contribution in [2.75, 3.05) is 19.4 Å². The second-order valence-electron chi connectivity index (χ2n) is 6.65. The van der Waals surface area contributed by atoms with Gasteiger partial charge in [-0.15, -0.1) is 5.10 Å². The minimum absolute atomic E-state index is 0.0178. The van der Waals surface area contributed by atoms with Crippen molar-refractivity contribution in [1.82, 2.24) is 19.9 Å². The fourth-order valence-corrected chi connectivity index (χ4v) is 5.91. The molecule has 9 heteroatoms. The Kier molecular flexibility index (Phi) is 4.18. The van der Waals surface area contributed by atoms with E-state index in [2.05, 4.69) is 10.3 Å². The molecule has 1 amide bonds. The van der Waals surface area contributed by atoms with Gasteiger partial charge in [0.15, 0.2) is 15.5 Å². The lowest BCUT2D eigenvalue weighted by atomic mass is 10.2. The van der Waals surface area contributed by atoms with Crippen molar-refractivity contribution in [2.45, 2.75) is 30.6 Å². The molecule has 138 valence electrons. The van der Waals surface area contributed by atoms with E-state index in [4.69, 9.17) is 4.74 Å². The molecule has 1 aliphatic heterocycles. The van der Waals surface area contributed by atoms with Crippen LogP contribution >= 0.6 is 0 Å². The van der Waals surface area contributed by atoms with E-state index < -0.39 is 15.1 Å². The van der Waals surface area contributed by atoms with Gasteiger partial charge in [-0.25, -0.2) is 13.1 Å². The molecule has 1 saturated carbocycles. The highest BCUT2D eigenvalue weighted by molar-refractivity contribution is 7.92. The van der Waals surface area contributed by atoms with Crippen molar-refractivity contribution in [3.63, 3.8) is 0 Å². The lowest BCUT2D eigenvalue weighted by Crippen LogP contribution is -2.54. The van der Waals surface area contributed by atoms with Crippen LogP contribution in [0.5, 0.6) is 5.75 Å². The van der Waals surface area contributed by atoms with Crippen molar-refractivity contribution < 1.29 is 17.9 Å². The van der Waals surface area contributed by atoms with Gasteiger partial charge in [0.25, 0.3) is 5.91 Å². The van der Waals surface area contributed by atoms with Gasteiger partial charge in [0.2, 0.25) is 0 Å². The number of aromatic nitrogens is 3. The van der Waals surface area contributed by atoms with E-state index in [0.717, 1.165) is 18.5 Å². The lowest BCUT2D eigenvalue weighted by molar-refractivity contribution is 0.0680. The highest BCUT2D eigenvalue weighted by Crippen LogP contribution is 2.34. The topological polar surface area (TPSA) is 94.4 Å². The van der Waals surface area contributed by atoms with E-state index in [-0.39, 0.29) is 29.9 Å². The maximum Gasteiger partial charge on any atom is 0.276 e. The Labute approximate surface area is 151 Å². The summed E-state index contributed by atoms with van der Waals surface area (Å²) in [4.78, 5) is 14.6. The molecule has 0 spiro atoms. The monoisotopic (exact) mass is 376 g/mol. The predicted octanol–water partition coefficient (Wildman–Crippen LogP) is 1.07. The summed E-state index contributed by atoms with van der Waals surface area (Å²) in [6, 6.07) is 7.04. The Morgan fingerprint density at radius 2 is 2.15 bits per heavy atom. The van der Waals surface area contributed by atoms with Gasteiger partial charge in [-0.2, -0.15) is 0 Å². The molecule has 2 unspecified atom stereocenters. The number of hydrogen-bond acceptors (Lipinski definition) is 6. The third-order valence-electron chi connectivity index (χ3n) is 5.19. The summed E-state index contributed by atoms with van der Waals surface area (Å²) in [7, 11) is -1.52. The summed E-state index contributed by atoms with van der Waals surface area (Å²) < 4.78 is 31.2. The summed E-state index contributed by atoms with van der Waals surface area (Å²) in [5.41, 5.74) is 0.952. The van der Waals surface area contributed by atoms with Gasteiger partial charge in [0.05, 0.1) is 30.0 Å². The third kappa shape index (κ3) is 2.86. The lowest BCUT2D eigenvalue weighted by Gasteiger charge is -2.36. The first-order chi connectivity index (χ1) is 12.5. The summed E-state index contributed by atoms with van der Waals surface area (Å²) in [5.74, 6) is 0.441. The molecule has 4 rings (SSSR count). The van der Waals surface area contributed by atoms with E-state index in [1.165, 1.54) is 4.68 Å². The second kappa shape index (κ2) is 6.39. The zero-order valence-electron chi connectivity index (χ0n) is 14.4. The highest BCUT2D eigenvalue weighted by Gasteiger charge is 2.46. The zero-order valence-corrected chi connectivity index (χ0v) is 15.2. The number of rotatable bonds is 3. The smallest absolute Gasteiger partial charge is 0.276 e. The van der Waals surface area contributed by atoms with Crippen LogP contribution < -0.4 is 4.74 Å². The van der Waals surface area contributed by atoms with Gasteiger partial charge in [-0.05, 0) is 31.4 Å².